The Hall–Kier alpha value is -3.33. The second kappa shape index (κ2) is 8.55. The van der Waals surface area contributed by atoms with Gasteiger partial charge in [-0.25, -0.2) is 13.2 Å². The van der Waals surface area contributed by atoms with E-state index in [4.69, 9.17) is 4.74 Å². The van der Waals surface area contributed by atoms with Crippen molar-refractivity contribution in [2.75, 3.05) is 25.5 Å². The van der Waals surface area contributed by atoms with Crippen molar-refractivity contribution in [2.24, 2.45) is 0 Å². The third-order valence-electron chi connectivity index (χ3n) is 6.05. The van der Waals surface area contributed by atoms with Gasteiger partial charge in [0.15, 0.2) is 0 Å². The van der Waals surface area contributed by atoms with E-state index in [9.17, 15) is 23.1 Å². The number of rotatable bonds is 6. The summed E-state index contributed by atoms with van der Waals surface area (Å²) in [7, 11) is 1.48. The van der Waals surface area contributed by atoms with Crippen LogP contribution in [-0.2, 0) is 10.4 Å². The molecular weight excluding hydrogens is 435 g/mol. The molecule has 4 rings (SSSR count). The van der Waals surface area contributed by atoms with Crippen LogP contribution in [0, 0.1) is 5.82 Å². The van der Waals surface area contributed by atoms with Crippen molar-refractivity contribution in [3.8, 4) is 5.75 Å². The largest absolute Gasteiger partial charge is 0.496 e. The summed E-state index contributed by atoms with van der Waals surface area (Å²) >= 11 is 0. The van der Waals surface area contributed by atoms with Gasteiger partial charge < -0.3 is 20.1 Å². The van der Waals surface area contributed by atoms with E-state index >= 15 is 0 Å². The van der Waals surface area contributed by atoms with Crippen LogP contribution >= 0.6 is 0 Å². The molecule has 174 valence electrons. The number of benzene rings is 2. The highest BCUT2D eigenvalue weighted by Gasteiger charge is 2.46. The third-order valence-corrected chi connectivity index (χ3v) is 6.05. The Labute approximate surface area is 189 Å². The van der Waals surface area contributed by atoms with Crippen molar-refractivity contribution in [3.63, 3.8) is 0 Å². The van der Waals surface area contributed by atoms with Crippen molar-refractivity contribution in [1.29, 1.82) is 0 Å². The number of anilines is 1. The smallest absolute Gasteiger partial charge is 0.266 e. The first kappa shape index (κ1) is 22.8. The van der Waals surface area contributed by atoms with Crippen LogP contribution in [0.2, 0.25) is 0 Å². The molecule has 6 nitrogen and oxygen atoms in total. The lowest BCUT2D eigenvalue weighted by Crippen LogP contribution is -2.60. The number of methoxy groups -OCH3 is 1. The Balaban J connectivity index is 1.72. The predicted molar refractivity (Wildman–Crippen MR) is 118 cm³/mol. The molecule has 2 N–H and O–H groups in total. The minimum Gasteiger partial charge on any atom is -0.496 e. The molecule has 0 bridgehead atoms. The molecule has 3 aromatic rings. The molecule has 33 heavy (non-hydrogen) atoms. The summed E-state index contributed by atoms with van der Waals surface area (Å²) in [6.45, 7) is 3.38. The van der Waals surface area contributed by atoms with Crippen LogP contribution in [0.15, 0.2) is 42.6 Å². The number of carbonyl (C=O) groups is 1. The zero-order valence-corrected chi connectivity index (χ0v) is 18.4. The summed E-state index contributed by atoms with van der Waals surface area (Å²) in [5, 5.41) is 14.9. The molecule has 9 heteroatoms. The van der Waals surface area contributed by atoms with Gasteiger partial charge in [0.1, 0.15) is 17.2 Å². The fourth-order valence-corrected chi connectivity index (χ4v) is 4.19. The Bertz CT molecular complexity index is 1210. The summed E-state index contributed by atoms with van der Waals surface area (Å²) in [6.07, 6.45) is -1.34. The number of nitrogens with one attached hydrogen (secondary N) is 1. The topological polar surface area (TPSA) is 74.7 Å². The van der Waals surface area contributed by atoms with Gasteiger partial charge in [0.2, 0.25) is 5.91 Å². The number of hydrogen-bond donors (Lipinski definition) is 2. The van der Waals surface area contributed by atoms with E-state index in [2.05, 4.69) is 10.3 Å². The molecule has 1 aromatic heterocycles. The molecule has 0 unspecified atom stereocenters. The lowest BCUT2D eigenvalue weighted by atomic mass is 9.84. The van der Waals surface area contributed by atoms with E-state index in [-0.39, 0.29) is 24.6 Å². The number of nitrogens with zero attached hydrogens (tertiary/aromatic N) is 2. The van der Waals surface area contributed by atoms with Gasteiger partial charge in [-0.15, -0.1) is 0 Å². The number of β-amino-alcohol motifs (C(OH)–C–C–N with tert-alkyl or cyclic N) is 1. The molecule has 1 saturated heterocycles. The SMILES string of the molecule is COc1cc2nccc(N[C@H](C)c3cccc(C(F)F)c3F)c2cc1C1(O)CN(C(C)=O)C1. The van der Waals surface area contributed by atoms with Gasteiger partial charge in [-0.3, -0.25) is 9.78 Å². The number of likely N-dealkylation sites (tertiary alicyclic amines) is 1. The highest BCUT2D eigenvalue weighted by molar-refractivity contribution is 5.93. The number of pyridine rings is 1. The van der Waals surface area contributed by atoms with Crippen molar-refractivity contribution in [3.05, 3.63) is 65.1 Å². The molecule has 2 heterocycles. The van der Waals surface area contributed by atoms with E-state index in [0.717, 1.165) is 6.07 Å². The van der Waals surface area contributed by atoms with Crippen LogP contribution < -0.4 is 10.1 Å². The molecule has 1 aliphatic rings. The molecular formula is C24H24F3N3O3. The molecule has 1 aliphatic heterocycles. The molecule has 0 aliphatic carbocycles. The number of halogens is 3. The lowest BCUT2D eigenvalue weighted by molar-refractivity contribution is -0.155. The van der Waals surface area contributed by atoms with Crippen LogP contribution in [0.4, 0.5) is 18.9 Å². The van der Waals surface area contributed by atoms with Crippen LogP contribution in [0.3, 0.4) is 0 Å². The third kappa shape index (κ3) is 4.08. The van der Waals surface area contributed by atoms with E-state index in [1.165, 1.54) is 31.1 Å². The Morgan fingerprint density at radius 1 is 1.24 bits per heavy atom. The molecule has 1 amide bonds. The van der Waals surface area contributed by atoms with Gasteiger partial charge in [-0.05, 0) is 19.1 Å². The first-order valence-corrected chi connectivity index (χ1v) is 10.4. The maximum absolute atomic E-state index is 14.7. The van der Waals surface area contributed by atoms with Gasteiger partial charge in [0, 0.05) is 41.4 Å². The zero-order valence-electron chi connectivity index (χ0n) is 18.4. The Morgan fingerprint density at radius 2 is 1.94 bits per heavy atom. The fraction of sp³-hybridized carbons (Fsp3) is 0.333. The average molecular weight is 459 g/mol. The standard InChI is InChI=1S/C24H24F3N3O3/c1-13(15-5-4-6-16(22(15)25)23(26)27)29-19-7-8-28-20-10-21(33-3)18(9-17(19)20)24(32)11-30(12-24)14(2)31/h4-10,13,23,32H,11-12H2,1-3H3,(H,28,29)/t13-/m1/s1. The molecule has 1 atom stereocenters. The van der Waals surface area contributed by atoms with E-state index in [0.29, 0.717) is 27.9 Å². The number of hydrogen-bond acceptors (Lipinski definition) is 5. The maximum Gasteiger partial charge on any atom is 0.266 e. The number of carbonyl (C=O) groups excluding carboxylic acids is 1. The number of amides is 1. The van der Waals surface area contributed by atoms with E-state index in [1.807, 2.05) is 0 Å². The van der Waals surface area contributed by atoms with Crippen LogP contribution in [0.5, 0.6) is 5.75 Å². The lowest BCUT2D eigenvalue weighted by Gasteiger charge is -2.46. The summed E-state index contributed by atoms with van der Waals surface area (Å²) in [5.74, 6) is -0.645. The summed E-state index contributed by atoms with van der Waals surface area (Å²) < 4.78 is 46.4. The van der Waals surface area contributed by atoms with Crippen molar-refractivity contribution in [1.82, 2.24) is 9.88 Å². The monoisotopic (exact) mass is 459 g/mol. The summed E-state index contributed by atoms with van der Waals surface area (Å²) in [4.78, 5) is 17.5. The number of aliphatic hydroxyl groups is 1. The average Bonchev–Trinajstić information content (AvgIpc) is 2.75. The molecule has 2 aromatic carbocycles. The minimum atomic E-state index is -2.91. The summed E-state index contributed by atoms with van der Waals surface area (Å²) in [5.41, 5.74) is -0.145. The zero-order chi connectivity index (χ0) is 23.9. The summed E-state index contributed by atoms with van der Waals surface area (Å²) in [6, 6.07) is 8.42. The molecule has 1 fully saturated rings. The molecule has 0 radical (unpaired) electrons. The van der Waals surface area contributed by atoms with Crippen molar-refractivity contribution >= 4 is 22.5 Å². The Kier molecular flexibility index (Phi) is 5.92. The second-order valence-corrected chi connectivity index (χ2v) is 8.25. The van der Waals surface area contributed by atoms with Gasteiger partial charge in [0.05, 0.1) is 37.3 Å². The second-order valence-electron chi connectivity index (χ2n) is 8.25. The van der Waals surface area contributed by atoms with Gasteiger partial charge in [-0.2, -0.15) is 0 Å². The predicted octanol–water partition coefficient (Wildman–Crippen LogP) is 4.54. The minimum absolute atomic E-state index is 0.112. The van der Waals surface area contributed by atoms with E-state index in [1.54, 1.807) is 31.3 Å². The van der Waals surface area contributed by atoms with Crippen molar-refractivity contribution < 1.29 is 27.8 Å². The van der Waals surface area contributed by atoms with Gasteiger partial charge >= 0.3 is 0 Å². The quantitative estimate of drug-likeness (QED) is 0.566. The van der Waals surface area contributed by atoms with Crippen LogP contribution in [0.25, 0.3) is 10.9 Å². The highest BCUT2D eigenvalue weighted by Crippen LogP contribution is 2.41. The van der Waals surface area contributed by atoms with Crippen molar-refractivity contribution in [2.45, 2.75) is 31.9 Å². The maximum atomic E-state index is 14.7. The molecule has 0 saturated carbocycles. The molecule has 0 spiro atoms. The van der Waals surface area contributed by atoms with Crippen LogP contribution in [-0.4, -0.2) is 41.1 Å². The first-order valence-electron chi connectivity index (χ1n) is 10.4. The van der Waals surface area contributed by atoms with Gasteiger partial charge in [-0.1, -0.05) is 18.2 Å². The number of ether oxygens (including phenoxy) is 1. The first-order chi connectivity index (χ1) is 15.6. The number of alkyl halides is 2. The van der Waals surface area contributed by atoms with Crippen LogP contribution in [0.1, 0.15) is 43.0 Å². The number of fused-ring (bicyclic) bond motifs is 1. The number of aromatic nitrogens is 1. The Morgan fingerprint density at radius 3 is 2.58 bits per heavy atom. The van der Waals surface area contributed by atoms with Gasteiger partial charge in [0.25, 0.3) is 6.43 Å². The fourth-order valence-electron chi connectivity index (χ4n) is 4.19. The van der Waals surface area contributed by atoms with E-state index < -0.39 is 29.4 Å². The highest BCUT2D eigenvalue weighted by atomic mass is 19.3. The normalized spacial score (nSPS) is 15.9.